The Kier molecular flexibility index (Phi) is 4.48. The Labute approximate surface area is 123 Å². The molecule has 1 aromatic carbocycles. The lowest BCUT2D eigenvalue weighted by atomic mass is 10.3. The second-order valence-electron chi connectivity index (χ2n) is 5.34. The molecule has 1 aliphatic heterocycles. The van der Waals surface area contributed by atoms with E-state index in [9.17, 15) is 4.39 Å². The summed E-state index contributed by atoms with van der Waals surface area (Å²) in [6.07, 6.45) is 0.888. The lowest BCUT2D eigenvalue weighted by molar-refractivity contribution is 0.0326. The molecule has 1 saturated heterocycles. The number of nitrogens with zero attached hydrogens (tertiary/aromatic N) is 3. The first-order valence-corrected chi connectivity index (χ1v) is 7.43. The van der Waals surface area contributed by atoms with Crippen molar-refractivity contribution in [3.8, 4) is 0 Å². The molecule has 2 heterocycles. The maximum absolute atomic E-state index is 13.4. The molecule has 0 saturated carbocycles. The van der Waals surface area contributed by atoms with E-state index in [0.29, 0.717) is 6.54 Å². The minimum atomic E-state index is -0.246. The Morgan fingerprint density at radius 3 is 2.86 bits per heavy atom. The molecule has 1 aromatic heterocycles. The molecule has 1 aliphatic rings. The number of ether oxygens (including phenoxy) is 1. The maximum atomic E-state index is 13.4. The Hall–Kier alpha value is -1.50. The highest BCUT2D eigenvalue weighted by Crippen LogP contribution is 2.19. The van der Waals surface area contributed by atoms with Crippen molar-refractivity contribution in [1.29, 1.82) is 0 Å². The first-order chi connectivity index (χ1) is 10.3. The zero-order chi connectivity index (χ0) is 14.7. The summed E-state index contributed by atoms with van der Waals surface area (Å²) >= 11 is 0. The fourth-order valence-corrected chi connectivity index (χ4v) is 2.73. The van der Waals surface area contributed by atoms with Crippen molar-refractivity contribution in [3.63, 3.8) is 0 Å². The van der Waals surface area contributed by atoms with Crippen LogP contribution in [0.2, 0.25) is 0 Å². The van der Waals surface area contributed by atoms with Gasteiger partial charge in [-0.05, 0) is 25.1 Å². The SMILES string of the molecule is NCCCn1c(CN2CCOCC2)nc2cc(F)ccc21. The Morgan fingerprint density at radius 2 is 2.10 bits per heavy atom. The van der Waals surface area contributed by atoms with E-state index in [1.807, 2.05) is 0 Å². The molecule has 114 valence electrons. The molecule has 2 N–H and O–H groups in total. The summed E-state index contributed by atoms with van der Waals surface area (Å²) in [6, 6.07) is 4.79. The number of hydrogen-bond donors (Lipinski definition) is 1. The lowest BCUT2D eigenvalue weighted by Crippen LogP contribution is -2.36. The number of hydrogen-bond acceptors (Lipinski definition) is 4. The fourth-order valence-electron chi connectivity index (χ4n) is 2.73. The van der Waals surface area contributed by atoms with Crippen LogP contribution >= 0.6 is 0 Å². The van der Waals surface area contributed by atoms with Crippen LogP contribution in [0.5, 0.6) is 0 Å². The largest absolute Gasteiger partial charge is 0.379 e. The number of benzene rings is 1. The zero-order valence-electron chi connectivity index (χ0n) is 12.1. The topological polar surface area (TPSA) is 56.3 Å². The fraction of sp³-hybridized carbons (Fsp3) is 0.533. The highest BCUT2D eigenvalue weighted by molar-refractivity contribution is 5.76. The number of fused-ring (bicyclic) bond motifs is 1. The molecule has 0 radical (unpaired) electrons. The van der Waals surface area contributed by atoms with Gasteiger partial charge in [0.25, 0.3) is 0 Å². The van der Waals surface area contributed by atoms with Gasteiger partial charge < -0.3 is 15.0 Å². The highest BCUT2D eigenvalue weighted by atomic mass is 19.1. The number of nitrogens with two attached hydrogens (primary N) is 1. The number of morpholine rings is 1. The first-order valence-electron chi connectivity index (χ1n) is 7.43. The second-order valence-corrected chi connectivity index (χ2v) is 5.34. The van der Waals surface area contributed by atoms with Gasteiger partial charge >= 0.3 is 0 Å². The van der Waals surface area contributed by atoms with E-state index >= 15 is 0 Å². The monoisotopic (exact) mass is 292 g/mol. The third-order valence-corrected chi connectivity index (χ3v) is 3.84. The van der Waals surface area contributed by atoms with Crippen LogP contribution in [0.4, 0.5) is 4.39 Å². The summed E-state index contributed by atoms with van der Waals surface area (Å²) in [7, 11) is 0. The standard InChI is InChI=1S/C15H21FN4O/c16-12-2-3-14-13(10-12)18-15(20(14)5-1-4-17)11-19-6-8-21-9-7-19/h2-3,10H,1,4-9,11,17H2. The van der Waals surface area contributed by atoms with E-state index in [2.05, 4.69) is 14.5 Å². The Bertz CT molecular complexity index is 607. The lowest BCUT2D eigenvalue weighted by Gasteiger charge is -2.26. The average Bonchev–Trinajstić information content (AvgIpc) is 2.82. The summed E-state index contributed by atoms with van der Waals surface area (Å²) in [4.78, 5) is 6.94. The van der Waals surface area contributed by atoms with Gasteiger partial charge in [-0.25, -0.2) is 9.37 Å². The molecule has 0 unspecified atom stereocenters. The second kappa shape index (κ2) is 6.51. The van der Waals surface area contributed by atoms with Crippen LogP contribution in [0.25, 0.3) is 11.0 Å². The summed E-state index contributed by atoms with van der Waals surface area (Å²) in [6.45, 7) is 5.57. The van der Waals surface area contributed by atoms with Crippen molar-refractivity contribution in [1.82, 2.24) is 14.5 Å². The van der Waals surface area contributed by atoms with Crippen LogP contribution in [0.3, 0.4) is 0 Å². The smallest absolute Gasteiger partial charge is 0.125 e. The van der Waals surface area contributed by atoms with Gasteiger partial charge in [-0.15, -0.1) is 0 Å². The van der Waals surface area contributed by atoms with Crippen LogP contribution in [-0.4, -0.2) is 47.3 Å². The van der Waals surface area contributed by atoms with Gasteiger partial charge in [0.1, 0.15) is 11.6 Å². The molecule has 5 nitrogen and oxygen atoms in total. The average molecular weight is 292 g/mol. The molecule has 2 aromatic rings. The van der Waals surface area contributed by atoms with E-state index < -0.39 is 0 Å². The molecule has 0 amide bonds. The predicted octanol–water partition coefficient (Wildman–Crippen LogP) is 1.36. The molecule has 1 fully saturated rings. The third kappa shape index (κ3) is 3.23. The van der Waals surface area contributed by atoms with Gasteiger partial charge in [0, 0.05) is 25.7 Å². The van der Waals surface area contributed by atoms with E-state index in [0.717, 1.165) is 62.7 Å². The molecule has 0 atom stereocenters. The van der Waals surface area contributed by atoms with Crippen LogP contribution < -0.4 is 5.73 Å². The van der Waals surface area contributed by atoms with Crippen LogP contribution in [0.1, 0.15) is 12.2 Å². The van der Waals surface area contributed by atoms with E-state index in [4.69, 9.17) is 10.5 Å². The number of imidazole rings is 1. The summed E-state index contributed by atoms with van der Waals surface area (Å²) in [5, 5.41) is 0. The predicted molar refractivity (Wildman–Crippen MR) is 79.5 cm³/mol. The highest BCUT2D eigenvalue weighted by Gasteiger charge is 2.16. The molecule has 0 spiro atoms. The van der Waals surface area contributed by atoms with Gasteiger partial charge in [0.05, 0.1) is 30.8 Å². The number of aryl methyl sites for hydroxylation is 1. The molecule has 21 heavy (non-hydrogen) atoms. The van der Waals surface area contributed by atoms with Gasteiger partial charge in [-0.3, -0.25) is 4.90 Å². The van der Waals surface area contributed by atoms with Crippen molar-refractivity contribution < 1.29 is 9.13 Å². The van der Waals surface area contributed by atoms with Crippen molar-refractivity contribution in [2.24, 2.45) is 5.73 Å². The molecule has 6 heteroatoms. The molecule has 0 bridgehead atoms. The summed E-state index contributed by atoms with van der Waals surface area (Å²) < 4.78 is 20.9. The first kappa shape index (κ1) is 14.4. The minimum absolute atomic E-state index is 0.246. The van der Waals surface area contributed by atoms with E-state index in [1.54, 1.807) is 6.07 Å². The maximum Gasteiger partial charge on any atom is 0.125 e. The summed E-state index contributed by atoms with van der Waals surface area (Å²) in [5.41, 5.74) is 7.32. The van der Waals surface area contributed by atoms with Gasteiger partial charge in [0.2, 0.25) is 0 Å². The van der Waals surface area contributed by atoms with E-state index in [-0.39, 0.29) is 5.82 Å². The normalized spacial score (nSPS) is 16.7. The zero-order valence-corrected chi connectivity index (χ0v) is 12.1. The van der Waals surface area contributed by atoms with Gasteiger partial charge in [-0.1, -0.05) is 0 Å². The van der Waals surface area contributed by atoms with Crippen molar-refractivity contribution >= 4 is 11.0 Å². The minimum Gasteiger partial charge on any atom is -0.379 e. The molecule has 3 rings (SSSR count). The Balaban J connectivity index is 1.90. The van der Waals surface area contributed by atoms with Crippen molar-refractivity contribution in [2.45, 2.75) is 19.5 Å². The van der Waals surface area contributed by atoms with Crippen LogP contribution in [-0.2, 0) is 17.8 Å². The summed E-state index contributed by atoms with van der Waals surface area (Å²) in [5.74, 6) is 0.731. The third-order valence-electron chi connectivity index (χ3n) is 3.84. The molecular weight excluding hydrogens is 271 g/mol. The van der Waals surface area contributed by atoms with Crippen molar-refractivity contribution in [3.05, 3.63) is 29.8 Å². The van der Waals surface area contributed by atoms with Crippen LogP contribution in [0, 0.1) is 5.82 Å². The molecular formula is C15H21FN4O. The van der Waals surface area contributed by atoms with Crippen LogP contribution in [0.15, 0.2) is 18.2 Å². The molecule has 0 aliphatic carbocycles. The number of rotatable bonds is 5. The van der Waals surface area contributed by atoms with Gasteiger partial charge in [-0.2, -0.15) is 0 Å². The Morgan fingerprint density at radius 1 is 1.29 bits per heavy atom. The van der Waals surface area contributed by atoms with E-state index in [1.165, 1.54) is 12.1 Å². The quantitative estimate of drug-likeness (QED) is 0.904. The van der Waals surface area contributed by atoms with Gasteiger partial charge in [0.15, 0.2) is 0 Å². The number of aromatic nitrogens is 2. The number of halogens is 1. The van der Waals surface area contributed by atoms with Crippen molar-refractivity contribution in [2.75, 3.05) is 32.8 Å².